The maximum atomic E-state index is 12.9. The van der Waals surface area contributed by atoms with Crippen LogP contribution in [0.4, 0.5) is 0 Å². The summed E-state index contributed by atoms with van der Waals surface area (Å²) in [6.07, 6.45) is 5.97. The predicted octanol–water partition coefficient (Wildman–Crippen LogP) is 3.29. The number of H-pyrrole nitrogens is 1. The van der Waals surface area contributed by atoms with Gasteiger partial charge in [0.15, 0.2) is 0 Å². The maximum absolute atomic E-state index is 12.9. The number of carbonyl (C=O) groups is 1. The molecule has 7 heteroatoms. The van der Waals surface area contributed by atoms with Crippen LogP contribution in [0, 0.1) is 5.92 Å². The van der Waals surface area contributed by atoms with E-state index in [2.05, 4.69) is 34.2 Å². The molecule has 2 aromatic heterocycles. The number of hydrogen-bond acceptors (Lipinski definition) is 4. The summed E-state index contributed by atoms with van der Waals surface area (Å²) in [6, 6.07) is 9.22. The van der Waals surface area contributed by atoms with Gasteiger partial charge in [0.1, 0.15) is 12.4 Å². The molecule has 2 N–H and O–H groups in total. The van der Waals surface area contributed by atoms with Crippen molar-refractivity contribution in [1.82, 2.24) is 25.1 Å². The largest absolute Gasteiger partial charge is 0.344 e. The molecule has 7 nitrogen and oxygen atoms in total. The van der Waals surface area contributed by atoms with E-state index < -0.39 is 0 Å². The summed E-state index contributed by atoms with van der Waals surface area (Å²) in [7, 11) is 0. The van der Waals surface area contributed by atoms with Crippen molar-refractivity contribution in [3.63, 3.8) is 0 Å². The monoisotopic (exact) mass is 407 g/mol. The lowest BCUT2D eigenvalue weighted by molar-refractivity contribution is -0.123. The SMILES string of the molecule is CC[C@@H](C)[C@H](NC(=O)Cn1nc2c(cc1=O)CCCCC2)c1nc2ccccc2[nH]1. The molecule has 1 aliphatic rings. The Bertz CT molecular complexity index is 1070. The van der Waals surface area contributed by atoms with Gasteiger partial charge in [-0.15, -0.1) is 0 Å². The van der Waals surface area contributed by atoms with Gasteiger partial charge in [-0.3, -0.25) is 9.59 Å². The van der Waals surface area contributed by atoms with Crippen LogP contribution < -0.4 is 10.9 Å². The number of nitrogens with zero attached hydrogens (tertiary/aromatic N) is 3. The van der Waals surface area contributed by atoms with Crippen LogP contribution in [-0.4, -0.2) is 25.7 Å². The van der Waals surface area contributed by atoms with E-state index in [0.29, 0.717) is 0 Å². The molecule has 158 valence electrons. The predicted molar refractivity (Wildman–Crippen MR) is 116 cm³/mol. The lowest BCUT2D eigenvalue weighted by Gasteiger charge is -2.22. The third-order valence-corrected chi connectivity index (χ3v) is 6.05. The van der Waals surface area contributed by atoms with Gasteiger partial charge >= 0.3 is 0 Å². The maximum Gasteiger partial charge on any atom is 0.267 e. The van der Waals surface area contributed by atoms with E-state index in [1.165, 1.54) is 4.68 Å². The second-order valence-corrected chi connectivity index (χ2v) is 8.24. The van der Waals surface area contributed by atoms with Crippen molar-refractivity contribution >= 4 is 16.9 Å². The van der Waals surface area contributed by atoms with Crippen LogP contribution in [-0.2, 0) is 24.2 Å². The van der Waals surface area contributed by atoms with Gasteiger partial charge < -0.3 is 10.3 Å². The van der Waals surface area contributed by atoms with Gasteiger partial charge in [-0.2, -0.15) is 5.10 Å². The topological polar surface area (TPSA) is 92.7 Å². The van der Waals surface area contributed by atoms with Crippen LogP contribution in [0.1, 0.15) is 62.7 Å². The van der Waals surface area contributed by atoms with Gasteiger partial charge in [0.2, 0.25) is 5.91 Å². The van der Waals surface area contributed by atoms with E-state index in [9.17, 15) is 9.59 Å². The van der Waals surface area contributed by atoms with Gasteiger partial charge in [0.25, 0.3) is 5.56 Å². The molecule has 0 unspecified atom stereocenters. The van der Waals surface area contributed by atoms with Crippen molar-refractivity contribution in [1.29, 1.82) is 0 Å². The Balaban J connectivity index is 1.54. The number of fused-ring (bicyclic) bond motifs is 2. The first kappa shape index (κ1) is 20.3. The third kappa shape index (κ3) is 4.30. The molecule has 2 atom stereocenters. The van der Waals surface area contributed by atoms with E-state index >= 15 is 0 Å². The Hall–Kier alpha value is -2.96. The lowest BCUT2D eigenvalue weighted by Crippen LogP contribution is -2.38. The summed E-state index contributed by atoms with van der Waals surface area (Å²) in [5.41, 5.74) is 3.59. The second-order valence-electron chi connectivity index (χ2n) is 8.24. The summed E-state index contributed by atoms with van der Waals surface area (Å²) in [4.78, 5) is 33.4. The molecule has 0 saturated heterocycles. The summed E-state index contributed by atoms with van der Waals surface area (Å²) < 4.78 is 1.30. The fourth-order valence-corrected chi connectivity index (χ4v) is 4.08. The van der Waals surface area contributed by atoms with Crippen molar-refractivity contribution in [2.45, 2.75) is 65.0 Å². The number of nitrogens with one attached hydrogen (secondary N) is 2. The van der Waals surface area contributed by atoms with Crippen LogP contribution in [0.5, 0.6) is 0 Å². The van der Waals surface area contributed by atoms with E-state index in [1.54, 1.807) is 6.07 Å². The highest BCUT2D eigenvalue weighted by atomic mass is 16.2. The molecular formula is C23H29N5O2. The average molecular weight is 408 g/mol. The number of hydrogen-bond donors (Lipinski definition) is 2. The standard InChI is InChI=1S/C23H29N5O2/c1-3-15(2)22(23-24-18-11-7-8-12-19(18)25-23)26-20(29)14-28-21(30)13-16-9-5-4-6-10-17(16)27-28/h7-8,11-13,15,22H,3-6,9-10,14H2,1-2H3,(H,24,25)(H,26,29)/t15-,22+/m1/s1. The molecule has 1 amide bonds. The molecule has 2 heterocycles. The molecule has 1 aromatic carbocycles. The number of rotatable bonds is 6. The first-order chi connectivity index (χ1) is 14.5. The number of aromatic nitrogens is 4. The summed E-state index contributed by atoms with van der Waals surface area (Å²) in [5, 5.41) is 7.59. The summed E-state index contributed by atoms with van der Waals surface area (Å²) in [5.74, 6) is 0.691. The smallest absolute Gasteiger partial charge is 0.267 e. The Morgan fingerprint density at radius 2 is 2.03 bits per heavy atom. The highest BCUT2D eigenvalue weighted by molar-refractivity contribution is 5.77. The van der Waals surface area contributed by atoms with E-state index in [4.69, 9.17) is 0 Å². The second kappa shape index (κ2) is 8.81. The zero-order valence-electron chi connectivity index (χ0n) is 17.6. The zero-order valence-corrected chi connectivity index (χ0v) is 17.6. The molecule has 0 bridgehead atoms. The van der Waals surface area contributed by atoms with Crippen LogP contribution in [0.25, 0.3) is 11.0 Å². The van der Waals surface area contributed by atoms with Gasteiger partial charge in [-0.1, -0.05) is 38.8 Å². The molecular weight excluding hydrogens is 378 g/mol. The van der Waals surface area contributed by atoms with Crippen LogP contribution in [0.15, 0.2) is 35.1 Å². The molecule has 0 saturated carbocycles. The van der Waals surface area contributed by atoms with Crippen LogP contribution >= 0.6 is 0 Å². The molecule has 4 rings (SSSR count). The van der Waals surface area contributed by atoms with Crippen molar-refractivity contribution in [2.75, 3.05) is 0 Å². The van der Waals surface area contributed by atoms with E-state index in [-0.39, 0.29) is 30.0 Å². The first-order valence-electron chi connectivity index (χ1n) is 10.9. The lowest BCUT2D eigenvalue weighted by atomic mass is 9.98. The fourth-order valence-electron chi connectivity index (χ4n) is 4.08. The Morgan fingerprint density at radius 1 is 1.23 bits per heavy atom. The number of aromatic amines is 1. The van der Waals surface area contributed by atoms with E-state index in [0.717, 1.165) is 66.6 Å². The van der Waals surface area contributed by atoms with Crippen LogP contribution in [0.3, 0.4) is 0 Å². The zero-order chi connectivity index (χ0) is 21.1. The minimum Gasteiger partial charge on any atom is -0.344 e. The van der Waals surface area contributed by atoms with Gasteiger partial charge in [0.05, 0.1) is 22.8 Å². The number of carbonyl (C=O) groups excluding carboxylic acids is 1. The molecule has 0 spiro atoms. The highest BCUT2D eigenvalue weighted by Gasteiger charge is 2.24. The number of aryl methyl sites for hydroxylation is 2. The normalized spacial score (nSPS) is 15.9. The minimum absolute atomic E-state index is 0.0841. The highest BCUT2D eigenvalue weighted by Crippen LogP contribution is 2.24. The number of amides is 1. The minimum atomic E-state index is -0.258. The van der Waals surface area contributed by atoms with Crippen molar-refractivity contribution < 1.29 is 4.79 Å². The molecule has 3 aromatic rings. The quantitative estimate of drug-likeness (QED) is 0.613. The first-order valence-corrected chi connectivity index (χ1v) is 10.9. The Kier molecular flexibility index (Phi) is 5.97. The number of para-hydroxylation sites is 2. The number of benzene rings is 1. The van der Waals surface area contributed by atoms with Crippen molar-refractivity contribution in [3.05, 3.63) is 57.8 Å². The summed E-state index contributed by atoms with van der Waals surface area (Å²) >= 11 is 0. The average Bonchev–Trinajstić information content (AvgIpc) is 3.05. The van der Waals surface area contributed by atoms with Gasteiger partial charge in [-0.25, -0.2) is 9.67 Å². The van der Waals surface area contributed by atoms with Crippen LogP contribution in [0.2, 0.25) is 0 Å². The van der Waals surface area contributed by atoms with Gasteiger partial charge in [0, 0.05) is 6.07 Å². The van der Waals surface area contributed by atoms with Gasteiger partial charge in [-0.05, 0) is 49.3 Å². The third-order valence-electron chi connectivity index (χ3n) is 6.05. The number of imidazole rings is 1. The van der Waals surface area contributed by atoms with Crippen molar-refractivity contribution in [2.24, 2.45) is 5.92 Å². The summed E-state index contributed by atoms with van der Waals surface area (Å²) in [6.45, 7) is 4.09. The molecule has 1 aliphatic carbocycles. The molecule has 0 fully saturated rings. The molecule has 0 radical (unpaired) electrons. The Labute approximate surface area is 175 Å². The fraction of sp³-hybridized carbons (Fsp3) is 0.478. The molecule has 30 heavy (non-hydrogen) atoms. The Morgan fingerprint density at radius 3 is 2.83 bits per heavy atom. The molecule has 0 aliphatic heterocycles. The van der Waals surface area contributed by atoms with E-state index in [1.807, 2.05) is 24.3 Å². The van der Waals surface area contributed by atoms with Crippen molar-refractivity contribution in [3.8, 4) is 0 Å².